The van der Waals surface area contributed by atoms with Crippen molar-refractivity contribution >= 4 is 17.6 Å². The number of aliphatic carboxylic acids is 1. The van der Waals surface area contributed by atoms with Crippen molar-refractivity contribution in [3.8, 4) is 5.75 Å². The number of benzene rings is 1. The Morgan fingerprint density at radius 1 is 1.35 bits per heavy atom. The minimum atomic E-state index is -0.887. The molecule has 0 aromatic heterocycles. The van der Waals surface area contributed by atoms with Gasteiger partial charge in [-0.05, 0) is 29.5 Å². The molecular formula is C13H17ClO3. The molecule has 0 aliphatic rings. The molecule has 0 fully saturated rings. The second-order valence-electron chi connectivity index (χ2n) is 5.10. The molecule has 94 valence electrons. The van der Waals surface area contributed by atoms with Gasteiger partial charge in [-0.15, -0.1) is 0 Å². The van der Waals surface area contributed by atoms with Crippen LogP contribution in [0.2, 0.25) is 5.02 Å². The van der Waals surface area contributed by atoms with Crippen molar-refractivity contribution in [1.82, 2.24) is 0 Å². The molecule has 0 saturated heterocycles. The standard InChI is InChI=1S/C13H17ClO3/c1-13(2,3)10-7-9(14)6-8(12(10)17)4-5-11(15)16/h6-7,17H,4-5H2,1-3H3,(H,15,16). The van der Waals surface area contributed by atoms with Crippen LogP contribution in [0, 0.1) is 0 Å². The highest BCUT2D eigenvalue weighted by molar-refractivity contribution is 6.30. The SMILES string of the molecule is CC(C)(C)c1cc(Cl)cc(CCC(=O)O)c1O. The van der Waals surface area contributed by atoms with Gasteiger partial charge in [-0.2, -0.15) is 0 Å². The lowest BCUT2D eigenvalue weighted by molar-refractivity contribution is -0.136. The van der Waals surface area contributed by atoms with Gasteiger partial charge in [0.2, 0.25) is 0 Å². The van der Waals surface area contributed by atoms with Crippen molar-refractivity contribution in [3.63, 3.8) is 0 Å². The predicted molar refractivity (Wildman–Crippen MR) is 67.8 cm³/mol. The molecule has 0 saturated carbocycles. The van der Waals surface area contributed by atoms with Crippen molar-refractivity contribution in [2.45, 2.75) is 39.0 Å². The van der Waals surface area contributed by atoms with E-state index in [2.05, 4.69) is 0 Å². The molecule has 0 bridgehead atoms. The smallest absolute Gasteiger partial charge is 0.303 e. The Bertz CT molecular complexity index is 433. The van der Waals surface area contributed by atoms with Crippen molar-refractivity contribution in [1.29, 1.82) is 0 Å². The summed E-state index contributed by atoms with van der Waals surface area (Å²) in [5.41, 5.74) is 1.10. The fourth-order valence-electron chi connectivity index (χ4n) is 1.66. The Morgan fingerprint density at radius 3 is 2.41 bits per heavy atom. The Kier molecular flexibility index (Phi) is 4.04. The van der Waals surface area contributed by atoms with Gasteiger partial charge in [-0.25, -0.2) is 0 Å². The Hall–Kier alpha value is -1.22. The molecule has 0 radical (unpaired) electrons. The first-order valence-corrected chi connectivity index (χ1v) is 5.83. The molecule has 0 unspecified atom stereocenters. The minimum Gasteiger partial charge on any atom is -0.507 e. The maximum Gasteiger partial charge on any atom is 0.303 e. The van der Waals surface area contributed by atoms with Crippen molar-refractivity contribution < 1.29 is 15.0 Å². The molecular weight excluding hydrogens is 240 g/mol. The zero-order valence-corrected chi connectivity index (χ0v) is 11.0. The molecule has 1 aromatic rings. The molecule has 0 spiro atoms. The van der Waals surface area contributed by atoms with Gasteiger partial charge in [0.05, 0.1) is 0 Å². The summed E-state index contributed by atoms with van der Waals surface area (Å²) in [5, 5.41) is 19.3. The number of halogens is 1. The number of carboxylic acids is 1. The van der Waals surface area contributed by atoms with Crippen LogP contribution < -0.4 is 0 Å². The first-order valence-electron chi connectivity index (χ1n) is 5.45. The summed E-state index contributed by atoms with van der Waals surface area (Å²) >= 11 is 5.98. The summed E-state index contributed by atoms with van der Waals surface area (Å²) < 4.78 is 0. The van der Waals surface area contributed by atoms with E-state index in [0.29, 0.717) is 10.6 Å². The average molecular weight is 257 g/mol. The van der Waals surface area contributed by atoms with E-state index in [1.807, 2.05) is 20.8 Å². The zero-order valence-electron chi connectivity index (χ0n) is 10.2. The second kappa shape index (κ2) is 4.96. The molecule has 17 heavy (non-hydrogen) atoms. The second-order valence-corrected chi connectivity index (χ2v) is 5.54. The molecule has 4 heteroatoms. The molecule has 0 aliphatic carbocycles. The number of phenolic OH excluding ortho intramolecular Hbond substituents is 1. The maximum absolute atomic E-state index is 10.5. The largest absolute Gasteiger partial charge is 0.507 e. The van der Waals surface area contributed by atoms with Gasteiger partial charge >= 0.3 is 5.97 Å². The third kappa shape index (κ3) is 3.63. The van der Waals surface area contributed by atoms with E-state index >= 15 is 0 Å². The number of carboxylic acid groups (broad SMARTS) is 1. The summed E-state index contributed by atoms with van der Waals surface area (Å²) in [4.78, 5) is 10.5. The van der Waals surface area contributed by atoms with Crippen LogP contribution in [0.4, 0.5) is 0 Å². The van der Waals surface area contributed by atoms with Crippen LogP contribution >= 0.6 is 11.6 Å². The summed E-state index contributed by atoms with van der Waals surface area (Å²) in [6, 6.07) is 3.34. The lowest BCUT2D eigenvalue weighted by Crippen LogP contribution is -2.12. The van der Waals surface area contributed by atoms with E-state index in [9.17, 15) is 9.90 Å². The lowest BCUT2D eigenvalue weighted by Gasteiger charge is -2.22. The number of aromatic hydroxyl groups is 1. The van der Waals surface area contributed by atoms with E-state index < -0.39 is 5.97 Å². The normalized spacial score (nSPS) is 11.5. The number of hydrogen-bond acceptors (Lipinski definition) is 2. The van der Waals surface area contributed by atoms with Gasteiger partial charge in [0, 0.05) is 17.0 Å². The quantitative estimate of drug-likeness (QED) is 0.872. The highest BCUT2D eigenvalue weighted by Crippen LogP contribution is 2.36. The number of carbonyl (C=O) groups is 1. The van der Waals surface area contributed by atoms with Crippen LogP contribution in [0.25, 0.3) is 0 Å². The number of phenols is 1. The number of rotatable bonds is 3. The summed E-state index contributed by atoms with van der Waals surface area (Å²) in [6.45, 7) is 5.91. The van der Waals surface area contributed by atoms with E-state index in [0.717, 1.165) is 5.56 Å². The Labute approximate surface area is 106 Å². The summed E-state index contributed by atoms with van der Waals surface area (Å²) in [7, 11) is 0. The van der Waals surface area contributed by atoms with Gasteiger partial charge in [-0.3, -0.25) is 4.79 Å². The van der Waals surface area contributed by atoms with Crippen LogP contribution in [0.3, 0.4) is 0 Å². The van der Waals surface area contributed by atoms with E-state index in [1.165, 1.54) is 0 Å². The van der Waals surface area contributed by atoms with Crippen LogP contribution in [-0.2, 0) is 16.6 Å². The molecule has 1 rings (SSSR count). The van der Waals surface area contributed by atoms with Crippen LogP contribution in [0.15, 0.2) is 12.1 Å². The first kappa shape index (κ1) is 13.8. The molecule has 0 heterocycles. The summed E-state index contributed by atoms with van der Waals surface area (Å²) in [5.74, 6) is -0.732. The number of aryl methyl sites for hydroxylation is 1. The molecule has 1 aromatic carbocycles. The van der Waals surface area contributed by atoms with Crippen molar-refractivity contribution in [2.24, 2.45) is 0 Å². The molecule has 0 atom stereocenters. The third-order valence-electron chi connectivity index (χ3n) is 2.57. The Balaban J connectivity index is 3.15. The Morgan fingerprint density at radius 2 is 1.94 bits per heavy atom. The topological polar surface area (TPSA) is 57.5 Å². The fraction of sp³-hybridized carbons (Fsp3) is 0.462. The summed E-state index contributed by atoms with van der Waals surface area (Å²) in [6.07, 6.45) is 0.266. The van der Waals surface area contributed by atoms with Crippen molar-refractivity contribution in [3.05, 3.63) is 28.3 Å². The van der Waals surface area contributed by atoms with E-state index in [-0.39, 0.29) is 24.0 Å². The van der Waals surface area contributed by atoms with Gasteiger partial charge in [0.25, 0.3) is 0 Å². The van der Waals surface area contributed by atoms with Gasteiger partial charge < -0.3 is 10.2 Å². The van der Waals surface area contributed by atoms with Crippen LogP contribution in [-0.4, -0.2) is 16.2 Å². The minimum absolute atomic E-state index is 0.0164. The third-order valence-corrected chi connectivity index (χ3v) is 2.79. The van der Waals surface area contributed by atoms with E-state index in [4.69, 9.17) is 16.7 Å². The highest BCUT2D eigenvalue weighted by Gasteiger charge is 2.21. The molecule has 2 N–H and O–H groups in total. The maximum atomic E-state index is 10.5. The van der Waals surface area contributed by atoms with Gasteiger partial charge in [0.15, 0.2) is 0 Å². The lowest BCUT2D eigenvalue weighted by atomic mass is 9.84. The van der Waals surface area contributed by atoms with Gasteiger partial charge in [0.1, 0.15) is 5.75 Å². The molecule has 0 aliphatic heterocycles. The fourth-order valence-corrected chi connectivity index (χ4v) is 1.90. The zero-order chi connectivity index (χ0) is 13.2. The first-order chi connectivity index (χ1) is 7.71. The van der Waals surface area contributed by atoms with Gasteiger partial charge in [-0.1, -0.05) is 32.4 Å². The van der Waals surface area contributed by atoms with Crippen molar-refractivity contribution in [2.75, 3.05) is 0 Å². The molecule has 0 amide bonds. The number of hydrogen-bond donors (Lipinski definition) is 2. The van der Waals surface area contributed by atoms with Crippen LogP contribution in [0.1, 0.15) is 38.3 Å². The molecule has 3 nitrogen and oxygen atoms in total. The monoisotopic (exact) mass is 256 g/mol. The average Bonchev–Trinajstić information content (AvgIpc) is 2.17. The highest BCUT2D eigenvalue weighted by atomic mass is 35.5. The van der Waals surface area contributed by atoms with Crippen LogP contribution in [0.5, 0.6) is 5.75 Å². The van der Waals surface area contributed by atoms with E-state index in [1.54, 1.807) is 12.1 Å². The predicted octanol–water partition coefficient (Wildman–Crippen LogP) is 3.36.